The molecule has 1 N–H and O–H groups in total. The third-order valence-corrected chi connectivity index (χ3v) is 4.32. The van der Waals surface area contributed by atoms with E-state index in [1.165, 1.54) is 19.2 Å². The number of benzene rings is 1. The molecule has 0 spiro atoms. The van der Waals surface area contributed by atoms with E-state index in [-0.39, 0.29) is 17.3 Å². The minimum atomic E-state index is -0.567. The van der Waals surface area contributed by atoms with E-state index < -0.39 is 11.2 Å². The predicted octanol–water partition coefficient (Wildman–Crippen LogP) is 3.04. The zero-order valence-electron chi connectivity index (χ0n) is 12.3. The highest BCUT2D eigenvalue weighted by molar-refractivity contribution is 6.00. The summed E-state index contributed by atoms with van der Waals surface area (Å²) in [6.45, 7) is 5.64. The van der Waals surface area contributed by atoms with E-state index in [1.807, 2.05) is 13.8 Å². The van der Waals surface area contributed by atoms with E-state index in [1.54, 1.807) is 6.07 Å². The van der Waals surface area contributed by atoms with Crippen LogP contribution in [-0.4, -0.2) is 26.0 Å². The van der Waals surface area contributed by atoms with Crippen molar-refractivity contribution in [3.05, 3.63) is 29.6 Å². The van der Waals surface area contributed by atoms with Crippen molar-refractivity contribution in [2.24, 2.45) is 11.3 Å². The first kappa shape index (κ1) is 15.0. The van der Waals surface area contributed by atoms with Crippen LogP contribution in [0, 0.1) is 17.2 Å². The number of carbonyl (C=O) groups is 1. The Bertz CT molecular complexity index is 493. The number of methoxy groups -OCH3 is 1. The van der Waals surface area contributed by atoms with E-state index in [0.717, 1.165) is 25.9 Å². The molecule has 4 heteroatoms. The molecule has 3 nitrogen and oxygen atoms in total. The van der Waals surface area contributed by atoms with Gasteiger partial charge in [0.25, 0.3) is 0 Å². The number of rotatable bonds is 4. The standard InChI is InChI=1S/C16H22FNO2/c1-16(2,11-5-4-8-18-10-11)15(19)13-7-6-12(20-3)9-14(13)17/h6-7,9,11,18H,4-5,8,10H2,1-3H3. The van der Waals surface area contributed by atoms with Crippen molar-refractivity contribution in [3.63, 3.8) is 0 Å². The van der Waals surface area contributed by atoms with Crippen molar-refractivity contribution in [2.75, 3.05) is 20.2 Å². The van der Waals surface area contributed by atoms with Crippen molar-refractivity contribution in [1.29, 1.82) is 0 Å². The predicted molar refractivity (Wildman–Crippen MR) is 76.7 cm³/mol. The molecule has 1 atom stereocenters. The largest absolute Gasteiger partial charge is 0.497 e. The van der Waals surface area contributed by atoms with Gasteiger partial charge < -0.3 is 10.1 Å². The molecular weight excluding hydrogens is 257 g/mol. The molecule has 1 heterocycles. The van der Waals surface area contributed by atoms with Gasteiger partial charge in [-0.05, 0) is 44.0 Å². The van der Waals surface area contributed by atoms with Crippen molar-refractivity contribution >= 4 is 5.78 Å². The number of hydrogen-bond donors (Lipinski definition) is 1. The first-order chi connectivity index (χ1) is 9.46. The molecule has 0 aliphatic carbocycles. The number of halogens is 1. The van der Waals surface area contributed by atoms with Gasteiger partial charge in [0, 0.05) is 11.5 Å². The van der Waals surface area contributed by atoms with Crippen LogP contribution in [0.2, 0.25) is 0 Å². The summed E-state index contributed by atoms with van der Waals surface area (Å²) in [6.07, 6.45) is 2.07. The molecule has 1 fully saturated rings. The summed E-state index contributed by atoms with van der Waals surface area (Å²) in [5.41, 5.74) is -0.413. The Kier molecular flexibility index (Phi) is 4.43. The fraction of sp³-hybridized carbons (Fsp3) is 0.562. The maximum atomic E-state index is 14.1. The molecule has 0 saturated carbocycles. The number of Topliss-reactive ketones (excluding diaryl/α,β-unsaturated/α-hetero) is 1. The summed E-state index contributed by atoms with van der Waals surface area (Å²) in [5.74, 6) is 0.0268. The van der Waals surface area contributed by atoms with Crippen molar-refractivity contribution in [1.82, 2.24) is 5.32 Å². The maximum Gasteiger partial charge on any atom is 0.171 e. The van der Waals surface area contributed by atoms with Crippen LogP contribution in [0.15, 0.2) is 18.2 Å². The van der Waals surface area contributed by atoms with Crippen molar-refractivity contribution in [3.8, 4) is 5.75 Å². The number of ether oxygens (including phenoxy) is 1. The Morgan fingerprint density at radius 2 is 2.20 bits per heavy atom. The fourth-order valence-electron chi connectivity index (χ4n) is 2.81. The number of hydrogen-bond acceptors (Lipinski definition) is 3. The number of carbonyl (C=O) groups excluding carboxylic acids is 1. The normalized spacial score (nSPS) is 19.7. The van der Waals surface area contributed by atoms with Gasteiger partial charge in [-0.25, -0.2) is 4.39 Å². The van der Waals surface area contributed by atoms with Crippen LogP contribution in [0.4, 0.5) is 4.39 Å². The number of nitrogens with one attached hydrogen (secondary N) is 1. The maximum absolute atomic E-state index is 14.1. The summed E-state index contributed by atoms with van der Waals surface area (Å²) in [7, 11) is 1.48. The van der Waals surface area contributed by atoms with Crippen LogP contribution in [0.5, 0.6) is 5.75 Å². The molecule has 0 radical (unpaired) electrons. The van der Waals surface area contributed by atoms with Crippen LogP contribution in [0.3, 0.4) is 0 Å². The van der Waals surface area contributed by atoms with E-state index >= 15 is 0 Å². The van der Waals surface area contributed by atoms with E-state index in [2.05, 4.69) is 5.32 Å². The number of ketones is 1. The molecule has 0 amide bonds. The third kappa shape index (κ3) is 2.85. The molecule has 1 aliphatic rings. The topological polar surface area (TPSA) is 38.3 Å². The number of piperidine rings is 1. The van der Waals surface area contributed by atoms with E-state index in [9.17, 15) is 9.18 Å². The lowest BCUT2D eigenvalue weighted by atomic mass is 9.70. The molecule has 0 bridgehead atoms. The SMILES string of the molecule is COc1ccc(C(=O)C(C)(C)C2CCCNC2)c(F)c1. The Labute approximate surface area is 119 Å². The van der Waals surface area contributed by atoms with Gasteiger partial charge >= 0.3 is 0 Å². The fourth-order valence-corrected chi connectivity index (χ4v) is 2.81. The van der Waals surface area contributed by atoms with Crippen molar-refractivity contribution in [2.45, 2.75) is 26.7 Å². The molecule has 1 saturated heterocycles. The highest BCUT2D eigenvalue weighted by Gasteiger charge is 2.38. The van der Waals surface area contributed by atoms with Crippen molar-refractivity contribution < 1.29 is 13.9 Å². The minimum Gasteiger partial charge on any atom is -0.497 e. The molecule has 20 heavy (non-hydrogen) atoms. The zero-order chi connectivity index (χ0) is 14.8. The van der Waals surface area contributed by atoms with Gasteiger partial charge in [0.2, 0.25) is 0 Å². The molecule has 1 aliphatic heterocycles. The molecule has 1 aromatic rings. The zero-order valence-corrected chi connectivity index (χ0v) is 12.3. The van der Waals surface area contributed by atoms with Crippen LogP contribution in [0.25, 0.3) is 0 Å². The Morgan fingerprint density at radius 1 is 1.45 bits per heavy atom. The smallest absolute Gasteiger partial charge is 0.171 e. The Hall–Kier alpha value is -1.42. The molecule has 110 valence electrons. The van der Waals surface area contributed by atoms with Gasteiger partial charge in [0.15, 0.2) is 5.78 Å². The second-order valence-corrected chi connectivity index (χ2v) is 5.94. The summed E-state index contributed by atoms with van der Waals surface area (Å²) in [5, 5.41) is 3.31. The molecule has 1 aromatic carbocycles. The molecule has 1 unspecified atom stereocenters. The van der Waals surface area contributed by atoms with Gasteiger partial charge in [-0.1, -0.05) is 13.8 Å². The molecule has 0 aromatic heterocycles. The van der Waals surface area contributed by atoms with Gasteiger partial charge in [-0.2, -0.15) is 0 Å². The first-order valence-corrected chi connectivity index (χ1v) is 7.06. The summed E-state index contributed by atoms with van der Waals surface area (Å²) < 4.78 is 19.0. The lowest BCUT2D eigenvalue weighted by molar-refractivity contribution is 0.0703. The van der Waals surface area contributed by atoms with Gasteiger partial charge in [-0.15, -0.1) is 0 Å². The third-order valence-electron chi connectivity index (χ3n) is 4.32. The average Bonchev–Trinajstić information content (AvgIpc) is 2.47. The highest BCUT2D eigenvalue weighted by Crippen LogP contribution is 2.36. The average molecular weight is 279 g/mol. The van der Waals surface area contributed by atoms with E-state index in [0.29, 0.717) is 5.75 Å². The summed E-state index contributed by atoms with van der Waals surface area (Å²) >= 11 is 0. The van der Waals surface area contributed by atoms with E-state index in [4.69, 9.17) is 4.74 Å². The van der Waals surface area contributed by atoms with Crippen LogP contribution in [0.1, 0.15) is 37.0 Å². The summed E-state index contributed by atoms with van der Waals surface area (Å²) in [4.78, 5) is 12.7. The van der Waals surface area contributed by atoms with Gasteiger partial charge in [-0.3, -0.25) is 4.79 Å². The van der Waals surface area contributed by atoms with Crippen LogP contribution < -0.4 is 10.1 Å². The minimum absolute atomic E-state index is 0.133. The Morgan fingerprint density at radius 3 is 2.75 bits per heavy atom. The van der Waals surface area contributed by atoms with Crippen LogP contribution >= 0.6 is 0 Å². The van der Waals surface area contributed by atoms with Gasteiger partial charge in [0.1, 0.15) is 11.6 Å². The molecule has 2 rings (SSSR count). The summed E-state index contributed by atoms with van der Waals surface area (Å²) in [6, 6.07) is 4.42. The second-order valence-electron chi connectivity index (χ2n) is 5.94. The molecular formula is C16H22FNO2. The monoisotopic (exact) mass is 279 g/mol. The second kappa shape index (κ2) is 5.92. The quantitative estimate of drug-likeness (QED) is 0.861. The highest BCUT2D eigenvalue weighted by atomic mass is 19.1. The van der Waals surface area contributed by atoms with Crippen LogP contribution in [-0.2, 0) is 0 Å². The first-order valence-electron chi connectivity index (χ1n) is 7.06. The van der Waals surface area contributed by atoms with Gasteiger partial charge in [0.05, 0.1) is 12.7 Å². The Balaban J connectivity index is 2.25. The lowest BCUT2D eigenvalue weighted by Gasteiger charge is -2.36. The lowest BCUT2D eigenvalue weighted by Crippen LogP contribution is -2.42.